The quantitative estimate of drug-likeness (QED) is 0.387. The molecule has 0 fully saturated rings. The van der Waals surface area contributed by atoms with Crippen molar-refractivity contribution in [1.82, 2.24) is 9.55 Å². The van der Waals surface area contributed by atoms with Crippen molar-refractivity contribution < 1.29 is 14.3 Å². The molecule has 1 aromatic heterocycles. The topological polar surface area (TPSA) is 77.1 Å². The summed E-state index contributed by atoms with van der Waals surface area (Å²) < 4.78 is 14.3. The van der Waals surface area contributed by atoms with Crippen LogP contribution >= 0.6 is 22.6 Å². The summed E-state index contributed by atoms with van der Waals surface area (Å²) in [6, 6.07) is 16.0. The molecule has 3 rings (SSSR count). The second kappa shape index (κ2) is 9.19. The molecule has 0 N–H and O–H groups in total. The summed E-state index contributed by atoms with van der Waals surface area (Å²) in [5.41, 5.74) is 1.05. The summed E-state index contributed by atoms with van der Waals surface area (Å²) in [6.45, 7) is 0.604. The van der Waals surface area contributed by atoms with Gasteiger partial charge in [0.2, 0.25) is 0 Å². The highest BCUT2D eigenvalue weighted by atomic mass is 127. The second-order valence-electron chi connectivity index (χ2n) is 5.74. The third kappa shape index (κ3) is 5.56. The fraction of sp³-hybridized carbons (Fsp3) is 0.150. The first-order chi connectivity index (χ1) is 13.1. The molecule has 0 saturated carbocycles. The molecule has 7 heteroatoms. The van der Waals surface area contributed by atoms with E-state index < -0.39 is 12.1 Å². The van der Waals surface area contributed by atoms with Crippen LogP contribution in [0.1, 0.15) is 15.9 Å². The Bertz CT molecular complexity index is 917. The molecule has 1 unspecified atom stereocenters. The number of hydrogen-bond donors (Lipinski definition) is 0. The number of ether oxygens (including phenoxy) is 2. The van der Waals surface area contributed by atoms with Gasteiger partial charge in [-0.1, -0.05) is 0 Å². The zero-order valence-corrected chi connectivity index (χ0v) is 16.4. The van der Waals surface area contributed by atoms with E-state index in [0.29, 0.717) is 23.4 Å². The zero-order chi connectivity index (χ0) is 19.1. The number of nitrogens with zero attached hydrogens (tertiary/aromatic N) is 3. The Morgan fingerprint density at radius 1 is 1.19 bits per heavy atom. The van der Waals surface area contributed by atoms with Gasteiger partial charge >= 0.3 is 5.97 Å². The normalized spacial score (nSPS) is 11.4. The molecule has 0 radical (unpaired) electrons. The molecule has 1 heterocycles. The summed E-state index contributed by atoms with van der Waals surface area (Å²) in [5, 5.41) is 8.86. The summed E-state index contributed by atoms with van der Waals surface area (Å²) in [4.78, 5) is 16.5. The maximum absolute atomic E-state index is 12.4. The minimum atomic E-state index is -0.498. The zero-order valence-electron chi connectivity index (χ0n) is 14.3. The first-order valence-corrected chi connectivity index (χ1v) is 9.27. The highest BCUT2D eigenvalue weighted by molar-refractivity contribution is 14.1. The third-order valence-corrected chi connectivity index (χ3v) is 4.47. The first-order valence-electron chi connectivity index (χ1n) is 8.19. The van der Waals surface area contributed by atoms with Gasteiger partial charge in [-0.15, -0.1) is 0 Å². The highest BCUT2D eigenvalue weighted by Crippen LogP contribution is 2.14. The van der Waals surface area contributed by atoms with E-state index in [0.717, 1.165) is 3.57 Å². The van der Waals surface area contributed by atoms with Crippen molar-refractivity contribution >= 4 is 28.6 Å². The Hall–Kier alpha value is -2.86. The molecule has 0 spiro atoms. The van der Waals surface area contributed by atoms with Gasteiger partial charge in [0.1, 0.15) is 12.4 Å². The molecule has 136 valence electrons. The van der Waals surface area contributed by atoms with Gasteiger partial charge in [0.25, 0.3) is 0 Å². The molecular weight excluding hydrogens is 457 g/mol. The molecular formula is C20H16IN3O3. The summed E-state index contributed by atoms with van der Waals surface area (Å²) in [5.74, 6) is 0.204. The highest BCUT2D eigenvalue weighted by Gasteiger charge is 2.18. The predicted octanol–water partition coefficient (Wildman–Crippen LogP) is 3.66. The van der Waals surface area contributed by atoms with Crippen molar-refractivity contribution in [2.24, 2.45) is 0 Å². The lowest BCUT2D eigenvalue weighted by molar-refractivity contribution is 0.0125. The monoisotopic (exact) mass is 473 g/mol. The van der Waals surface area contributed by atoms with Crippen LogP contribution in [0, 0.1) is 14.9 Å². The number of aromatic nitrogens is 2. The lowest BCUT2D eigenvalue weighted by Gasteiger charge is -2.19. The average Bonchev–Trinajstić information content (AvgIpc) is 3.20. The van der Waals surface area contributed by atoms with Gasteiger partial charge in [0.15, 0.2) is 6.10 Å². The van der Waals surface area contributed by atoms with E-state index in [1.165, 1.54) is 0 Å². The van der Waals surface area contributed by atoms with E-state index in [4.69, 9.17) is 14.7 Å². The molecule has 1 atom stereocenters. The van der Waals surface area contributed by atoms with E-state index in [9.17, 15) is 4.79 Å². The van der Waals surface area contributed by atoms with Crippen LogP contribution in [0.4, 0.5) is 0 Å². The summed E-state index contributed by atoms with van der Waals surface area (Å²) in [6.07, 6.45) is 4.63. The summed E-state index contributed by atoms with van der Waals surface area (Å²) in [7, 11) is 0. The standard InChI is InChI=1S/C20H16IN3O3/c21-17-5-3-16(4-6-17)20(25)27-19(12-24-10-9-23-14-24)13-26-18-7-1-15(11-22)2-8-18/h1-10,14,19H,12-13H2. The van der Waals surface area contributed by atoms with E-state index in [1.807, 2.05) is 16.7 Å². The molecule has 0 aliphatic carbocycles. The lowest BCUT2D eigenvalue weighted by atomic mass is 10.2. The Balaban J connectivity index is 1.67. The lowest BCUT2D eigenvalue weighted by Crippen LogP contribution is -2.29. The van der Waals surface area contributed by atoms with Crippen molar-refractivity contribution in [2.75, 3.05) is 6.61 Å². The van der Waals surface area contributed by atoms with E-state index in [1.54, 1.807) is 55.1 Å². The van der Waals surface area contributed by atoms with Gasteiger partial charge in [-0.3, -0.25) is 0 Å². The molecule has 0 saturated heterocycles. The summed E-state index contributed by atoms with van der Waals surface area (Å²) >= 11 is 2.18. The second-order valence-corrected chi connectivity index (χ2v) is 6.99. The van der Waals surface area contributed by atoms with Gasteiger partial charge in [0, 0.05) is 16.0 Å². The number of rotatable bonds is 7. The van der Waals surface area contributed by atoms with Crippen LogP contribution in [0.15, 0.2) is 67.3 Å². The molecule has 0 bridgehead atoms. The van der Waals surface area contributed by atoms with E-state index in [2.05, 4.69) is 33.6 Å². The maximum Gasteiger partial charge on any atom is 0.338 e. The molecule has 0 aliphatic heterocycles. The van der Waals surface area contributed by atoms with Crippen molar-refractivity contribution in [3.8, 4) is 11.8 Å². The Labute approximate surface area is 170 Å². The number of nitriles is 1. The van der Waals surface area contributed by atoms with E-state index in [-0.39, 0.29) is 6.61 Å². The minimum absolute atomic E-state index is 0.181. The van der Waals surface area contributed by atoms with Crippen LogP contribution in [0.2, 0.25) is 0 Å². The Morgan fingerprint density at radius 3 is 2.56 bits per heavy atom. The Morgan fingerprint density at radius 2 is 1.93 bits per heavy atom. The smallest absolute Gasteiger partial charge is 0.338 e. The minimum Gasteiger partial charge on any atom is -0.490 e. The van der Waals surface area contributed by atoms with Gasteiger partial charge < -0.3 is 14.0 Å². The number of esters is 1. The number of carbonyl (C=O) groups is 1. The van der Waals surface area contributed by atoms with E-state index >= 15 is 0 Å². The van der Waals surface area contributed by atoms with Crippen LogP contribution in [0.5, 0.6) is 5.75 Å². The fourth-order valence-electron chi connectivity index (χ4n) is 2.37. The van der Waals surface area contributed by atoms with Gasteiger partial charge in [-0.25, -0.2) is 9.78 Å². The van der Waals surface area contributed by atoms with Crippen LogP contribution in [0.25, 0.3) is 0 Å². The van der Waals surface area contributed by atoms with Crippen LogP contribution < -0.4 is 4.74 Å². The third-order valence-electron chi connectivity index (χ3n) is 3.75. The SMILES string of the molecule is N#Cc1ccc(OCC(Cn2ccnc2)OC(=O)c2ccc(I)cc2)cc1. The molecule has 3 aromatic rings. The van der Waals surface area contributed by atoms with Gasteiger partial charge in [-0.2, -0.15) is 5.26 Å². The largest absolute Gasteiger partial charge is 0.490 e. The van der Waals surface area contributed by atoms with Gasteiger partial charge in [-0.05, 0) is 71.1 Å². The Kier molecular flexibility index (Phi) is 6.44. The van der Waals surface area contributed by atoms with Crippen LogP contribution in [-0.2, 0) is 11.3 Å². The first kappa shape index (κ1) is 18.9. The molecule has 6 nitrogen and oxygen atoms in total. The maximum atomic E-state index is 12.4. The average molecular weight is 473 g/mol. The predicted molar refractivity (Wildman–Crippen MR) is 107 cm³/mol. The number of imidazole rings is 1. The van der Waals surface area contributed by atoms with Crippen LogP contribution in [-0.4, -0.2) is 28.2 Å². The molecule has 2 aromatic carbocycles. The molecule has 0 aliphatic rings. The van der Waals surface area contributed by atoms with Crippen LogP contribution in [0.3, 0.4) is 0 Å². The van der Waals surface area contributed by atoms with Crippen molar-refractivity contribution in [1.29, 1.82) is 5.26 Å². The van der Waals surface area contributed by atoms with Crippen molar-refractivity contribution in [3.05, 3.63) is 81.9 Å². The van der Waals surface area contributed by atoms with Crippen molar-refractivity contribution in [2.45, 2.75) is 12.6 Å². The number of benzene rings is 2. The number of halogens is 1. The molecule has 0 amide bonds. The number of carbonyl (C=O) groups excluding carboxylic acids is 1. The van der Waals surface area contributed by atoms with Crippen molar-refractivity contribution in [3.63, 3.8) is 0 Å². The number of hydrogen-bond acceptors (Lipinski definition) is 5. The fourth-order valence-corrected chi connectivity index (χ4v) is 2.73. The molecule has 27 heavy (non-hydrogen) atoms. The van der Waals surface area contributed by atoms with Gasteiger partial charge in [0.05, 0.1) is 30.1 Å².